The highest BCUT2D eigenvalue weighted by atomic mass is 15.3. The molecule has 3 aliphatic heterocycles. The molecule has 0 radical (unpaired) electrons. The first kappa shape index (κ1) is 12.2. The van der Waals surface area contributed by atoms with Crippen LogP contribution in [0.1, 0.15) is 31.7 Å². The molecule has 0 aromatic heterocycles. The zero-order valence-electron chi connectivity index (χ0n) is 13.5. The Morgan fingerprint density at radius 1 is 1.14 bits per heavy atom. The summed E-state index contributed by atoms with van der Waals surface area (Å²) in [5.74, 6) is 0.752. The molecule has 3 heterocycles. The Labute approximate surface area is 132 Å². The van der Waals surface area contributed by atoms with E-state index in [4.69, 9.17) is 0 Å². The molecule has 1 saturated heterocycles. The number of para-hydroxylation sites is 1. The van der Waals surface area contributed by atoms with E-state index in [-0.39, 0.29) is 0 Å². The van der Waals surface area contributed by atoms with E-state index in [9.17, 15) is 0 Å². The quantitative estimate of drug-likeness (QED) is 0.678. The van der Waals surface area contributed by atoms with Crippen LogP contribution in [0.2, 0.25) is 0 Å². The Bertz CT molecular complexity index is 724. The van der Waals surface area contributed by atoms with Gasteiger partial charge in [-0.15, -0.1) is 0 Å². The molecule has 1 aromatic rings. The lowest BCUT2D eigenvalue weighted by Gasteiger charge is -2.49. The Balaban J connectivity index is 1.74. The fraction of sp³-hybridized carbons (Fsp3) is 0.600. The fourth-order valence-electron chi connectivity index (χ4n) is 7.97. The molecular weight excluding hydrogens is 268 g/mol. The molecule has 2 bridgehead atoms. The maximum Gasteiger partial charge on any atom is 0.0546 e. The Morgan fingerprint density at radius 3 is 2.91 bits per heavy atom. The van der Waals surface area contributed by atoms with Crippen LogP contribution in [0, 0.1) is 11.3 Å². The van der Waals surface area contributed by atoms with Crippen molar-refractivity contribution in [3.8, 4) is 0 Å². The molecule has 2 saturated carbocycles. The van der Waals surface area contributed by atoms with Crippen molar-refractivity contribution in [1.82, 2.24) is 4.90 Å². The third-order valence-corrected chi connectivity index (χ3v) is 8.48. The summed E-state index contributed by atoms with van der Waals surface area (Å²) in [4.78, 5) is 5.52. The Kier molecular flexibility index (Phi) is 1.83. The van der Waals surface area contributed by atoms with Gasteiger partial charge in [-0.3, -0.25) is 4.90 Å². The molecule has 0 N–H and O–H groups in total. The molecule has 1 aromatic carbocycles. The minimum absolute atomic E-state index is 0.352. The molecule has 6 rings (SSSR count). The molecule has 22 heavy (non-hydrogen) atoms. The van der Waals surface area contributed by atoms with E-state index in [1.54, 1.807) is 5.56 Å². The van der Waals surface area contributed by atoms with E-state index < -0.39 is 0 Å². The number of fused-ring (bicyclic) bond motifs is 1. The number of rotatable bonds is 0. The summed E-state index contributed by atoms with van der Waals surface area (Å²) in [6.45, 7) is 5.01. The highest BCUT2D eigenvalue weighted by Crippen LogP contribution is 2.78. The predicted molar refractivity (Wildman–Crippen MR) is 89.2 cm³/mol. The average Bonchev–Trinajstić information content (AvgIpc) is 3.20. The van der Waals surface area contributed by atoms with Crippen molar-refractivity contribution in [2.75, 3.05) is 25.0 Å². The second kappa shape index (κ2) is 3.31. The molecular formula is C20H24N2. The lowest BCUT2D eigenvalue weighted by molar-refractivity contribution is 0.0983. The third-order valence-electron chi connectivity index (χ3n) is 8.48. The number of anilines is 1. The second-order valence-electron chi connectivity index (χ2n) is 8.36. The first-order chi connectivity index (χ1) is 10.7. The van der Waals surface area contributed by atoms with E-state index in [1.165, 1.54) is 38.0 Å². The van der Waals surface area contributed by atoms with Crippen molar-refractivity contribution in [3.05, 3.63) is 42.0 Å². The minimum Gasteiger partial charge on any atom is -0.367 e. The molecule has 5 atom stereocenters. The van der Waals surface area contributed by atoms with Crippen molar-refractivity contribution >= 4 is 5.69 Å². The van der Waals surface area contributed by atoms with Gasteiger partial charge in [0.05, 0.1) is 5.54 Å². The van der Waals surface area contributed by atoms with Gasteiger partial charge >= 0.3 is 0 Å². The maximum absolute atomic E-state index is 2.81. The van der Waals surface area contributed by atoms with Crippen LogP contribution in [0.15, 0.2) is 36.4 Å². The molecule has 0 amide bonds. The molecule has 114 valence electrons. The maximum atomic E-state index is 2.81. The van der Waals surface area contributed by atoms with E-state index in [0.29, 0.717) is 16.4 Å². The van der Waals surface area contributed by atoms with Crippen LogP contribution in [0.3, 0.4) is 0 Å². The number of hydrogen-bond donors (Lipinski definition) is 0. The SMILES string of the molecule is C[C@@H]1[C@]23C=CCN4CC[C@@]5(c6ccccc6N(C)[C@@]15CC2)[C@@H]43. The van der Waals surface area contributed by atoms with Crippen LogP contribution in [0.5, 0.6) is 0 Å². The summed E-state index contributed by atoms with van der Waals surface area (Å²) in [7, 11) is 2.38. The van der Waals surface area contributed by atoms with Gasteiger partial charge in [0.2, 0.25) is 0 Å². The zero-order valence-corrected chi connectivity index (χ0v) is 13.5. The summed E-state index contributed by atoms with van der Waals surface area (Å²) < 4.78 is 0. The van der Waals surface area contributed by atoms with Gasteiger partial charge in [0.15, 0.2) is 0 Å². The largest absolute Gasteiger partial charge is 0.367 e. The lowest BCUT2D eigenvalue weighted by Crippen LogP contribution is -2.60. The normalized spacial score (nSPS) is 50.4. The van der Waals surface area contributed by atoms with Crippen LogP contribution >= 0.6 is 0 Å². The topological polar surface area (TPSA) is 6.48 Å². The first-order valence-corrected chi connectivity index (χ1v) is 8.94. The van der Waals surface area contributed by atoms with E-state index in [1.807, 2.05) is 0 Å². The molecule has 3 spiro atoms. The Morgan fingerprint density at radius 2 is 2.00 bits per heavy atom. The molecule has 0 unspecified atom stereocenters. The lowest BCUT2D eigenvalue weighted by atomic mass is 9.60. The van der Waals surface area contributed by atoms with Crippen molar-refractivity contribution < 1.29 is 0 Å². The van der Waals surface area contributed by atoms with Crippen LogP contribution in [-0.4, -0.2) is 36.6 Å². The number of likely N-dealkylation sites (N-methyl/N-ethyl adjacent to an activating group) is 1. The summed E-state index contributed by atoms with van der Waals surface area (Å²) in [5, 5.41) is 0. The minimum atomic E-state index is 0.352. The monoisotopic (exact) mass is 292 g/mol. The standard InChI is InChI=1S/C20H24N2/c1-14-18-8-5-12-22-13-11-19(17(18)22)15-6-3-4-7-16(15)21(2)20(14,19)10-9-18/h3-8,14,17H,9-13H2,1-2H3/t14-,17+,18+,19-,20+/m1/s1. The van der Waals surface area contributed by atoms with Gasteiger partial charge in [0, 0.05) is 36.2 Å². The van der Waals surface area contributed by atoms with Crippen LogP contribution in [-0.2, 0) is 5.41 Å². The van der Waals surface area contributed by atoms with Crippen LogP contribution in [0.25, 0.3) is 0 Å². The molecule has 3 fully saturated rings. The summed E-state index contributed by atoms with van der Waals surface area (Å²) in [5.41, 5.74) is 4.33. The van der Waals surface area contributed by atoms with Gasteiger partial charge in [-0.05, 0) is 43.4 Å². The highest BCUT2D eigenvalue weighted by molar-refractivity contribution is 5.72. The summed E-state index contributed by atoms with van der Waals surface area (Å²) in [6.07, 6.45) is 9.21. The van der Waals surface area contributed by atoms with Crippen molar-refractivity contribution in [2.24, 2.45) is 11.3 Å². The molecule has 2 nitrogen and oxygen atoms in total. The van der Waals surface area contributed by atoms with E-state index in [0.717, 1.165) is 12.0 Å². The van der Waals surface area contributed by atoms with Gasteiger partial charge < -0.3 is 4.90 Å². The number of benzene rings is 1. The van der Waals surface area contributed by atoms with Crippen LogP contribution in [0.4, 0.5) is 5.69 Å². The Hall–Kier alpha value is -1.28. The molecule has 2 aliphatic carbocycles. The van der Waals surface area contributed by atoms with E-state index >= 15 is 0 Å². The van der Waals surface area contributed by atoms with Gasteiger partial charge in [-0.1, -0.05) is 37.3 Å². The van der Waals surface area contributed by atoms with Gasteiger partial charge in [0.25, 0.3) is 0 Å². The van der Waals surface area contributed by atoms with Crippen LogP contribution < -0.4 is 4.90 Å². The highest BCUT2D eigenvalue weighted by Gasteiger charge is 2.83. The molecule has 5 aliphatic rings. The number of hydrogen-bond acceptors (Lipinski definition) is 2. The van der Waals surface area contributed by atoms with Gasteiger partial charge in [-0.25, -0.2) is 0 Å². The van der Waals surface area contributed by atoms with Crippen molar-refractivity contribution in [3.63, 3.8) is 0 Å². The number of nitrogens with zero attached hydrogens (tertiary/aromatic N) is 2. The zero-order chi connectivity index (χ0) is 14.7. The first-order valence-electron chi connectivity index (χ1n) is 8.94. The summed E-state index contributed by atoms with van der Waals surface area (Å²) in [6, 6.07) is 10.0. The smallest absolute Gasteiger partial charge is 0.0546 e. The third kappa shape index (κ3) is 0.859. The fourth-order valence-corrected chi connectivity index (χ4v) is 7.97. The average molecular weight is 292 g/mol. The van der Waals surface area contributed by atoms with Gasteiger partial charge in [-0.2, -0.15) is 0 Å². The summed E-state index contributed by atoms with van der Waals surface area (Å²) >= 11 is 0. The second-order valence-corrected chi connectivity index (χ2v) is 8.36. The van der Waals surface area contributed by atoms with Crippen molar-refractivity contribution in [2.45, 2.75) is 43.2 Å². The van der Waals surface area contributed by atoms with Crippen molar-refractivity contribution in [1.29, 1.82) is 0 Å². The molecule has 2 heteroatoms. The predicted octanol–water partition coefficient (Wildman–Crippen LogP) is 3.19. The van der Waals surface area contributed by atoms with E-state index in [2.05, 4.69) is 60.2 Å². The van der Waals surface area contributed by atoms with Gasteiger partial charge in [0.1, 0.15) is 0 Å².